The molecule has 2 fully saturated rings. The first-order valence-corrected chi connectivity index (χ1v) is 7.61. The van der Waals surface area contributed by atoms with Crippen molar-refractivity contribution in [1.29, 1.82) is 0 Å². The summed E-state index contributed by atoms with van der Waals surface area (Å²) in [6, 6.07) is 0.894. The van der Waals surface area contributed by atoms with Crippen molar-refractivity contribution in [3.05, 3.63) is 0 Å². The van der Waals surface area contributed by atoms with Gasteiger partial charge in [-0.1, -0.05) is 26.7 Å². The zero-order valence-corrected chi connectivity index (χ0v) is 11.9. The summed E-state index contributed by atoms with van der Waals surface area (Å²) >= 11 is 0. The van der Waals surface area contributed by atoms with E-state index in [0.717, 1.165) is 23.8 Å². The van der Waals surface area contributed by atoms with Crippen molar-refractivity contribution in [2.75, 3.05) is 26.7 Å². The molecule has 100 valence electrons. The molecule has 1 aliphatic carbocycles. The van der Waals surface area contributed by atoms with E-state index in [2.05, 4.69) is 31.1 Å². The molecule has 0 radical (unpaired) electrons. The molecule has 0 bridgehead atoms. The summed E-state index contributed by atoms with van der Waals surface area (Å²) in [6.45, 7) is 8.73. The summed E-state index contributed by atoms with van der Waals surface area (Å²) in [6.07, 6.45) is 7.25. The van der Waals surface area contributed by atoms with Crippen molar-refractivity contribution in [2.45, 2.75) is 52.0 Å². The van der Waals surface area contributed by atoms with Gasteiger partial charge in [0.05, 0.1) is 0 Å². The first-order chi connectivity index (χ1) is 8.22. The fourth-order valence-electron chi connectivity index (χ4n) is 3.99. The minimum absolute atomic E-state index is 0.864. The molecule has 3 atom stereocenters. The van der Waals surface area contributed by atoms with Gasteiger partial charge < -0.3 is 5.32 Å². The molecule has 0 amide bonds. The lowest BCUT2D eigenvalue weighted by atomic mass is 9.77. The van der Waals surface area contributed by atoms with Gasteiger partial charge in [0.15, 0.2) is 0 Å². The largest absolute Gasteiger partial charge is 0.319 e. The molecule has 1 N–H and O–H groups in total. The van der Waals surface area contributed by atoms with Crippen LogP contribution in [0.15, 0.2) is 0 Å². The van der Waals surface area contributed by atoms with Crippen LogP contribution in [0.3, 0.4) is 0 Å². The Morgan fingerprint density at radius 2 is 1.94 bits per heavy atom. The Morgan fingerprint density at radius 3 is 2.65 bits per heavy atom. The first kappa shape index (κ1) is 13.4. The molecular weight excluding hydrogens is 208 g/mol. The number of nitrogens with zero attached hydrogens (tertiary/aromatic N) is 1. The van der Waals surface area contributed by atoms with Crippen LogP contribution in [0.4, 0.5) is 0 Å². The maximum absolute atomic E-state index is 3.34. The number of rotatable bonds is 4. The topological polar surface area (TPSA) is 15.3 Å². The third kappa shape index (κ3) is 3.23. The molecule has 1 saturated heterocycles. The molecule has 0 aromatic carbocycles. The highest BCUT2D eigenvalue weighted by molar-refractivity contribution is 4.89. The zero-order chi connectivity index (χ0) is 12.3. The van der Waals surface area contributed by atoms with E-state index >= 15 is 0 Å². The first-order valence-electron chi connectivity index (χ1n) is 7.61. The molecule has 2 nitrogen and oxygen atoms in total. The lowest BCUT2D eigenvalue weighted by Crippen LogP contribution is -2.43. The van der Waals surface area contributed by atoms with Gasteiger partial charge in [-0.2, -0.15) is 0 Å². The van der Waals surface area contributed by atoms with Gasteiger partial charge in [0.25, 0.3) is 0 Å². The van der Waals surface area contributed by atoms with Crippen LogP contribution in [0.5, 0.6) is 0 Å². The van der Waals surface area contributed by atoms with Gasteiger partial charge in [0, 0.05) is 12.6 Å². The summed E-state index contributed by atoms with van der Waals surface area (Å²) < 4.78 is 0. The molecule has 0 aromatic heterocycles. The third-order valence-corrected chi connectivity index (χ3v) is 4.92. The Kier molecular flexibility index (Phi) is 4.87. The highest BCUT2D eigenvalue weighted by atomic mass is 15.2. The fraction of sp³-hybridized carbons (Fsp3) is 1.00. The van der Waals surface area contributed by atoms with Crippen LogP contribution in [0.2, 0.25) is 0 Å². The Bertz CT molecular complexity index is 227. The van der Waals surface area contributed by atoms with Crippen molar-refractivity contribution in [2.24, 2.45) is 17.8 Å². The number of hydrogen-bond donors (Lipinski definition) is 1. The van der Waals surface area contributed by atoms with Gasteiger partial charge in [0.1, 0.15) is 0 Å². The molecule has 2 aliphatic rings. The molecule has 1 saturated carbocycles. The van der Waals surface area contributed by atoms with E-state index in [1.54, 1.807) is 0 Å². The van der Waals surface area contributed by atoms with Crippen molar-refractivity contribution < 1.29 is 0 Å². The monoisotopic (exact) mass is 238 g/mol. The summed E-state index contributed by atoms with van der Waals surface area (Å²) in [4.78, 5) is 2.81. The van der Waals surface area contributed by atoms with E-state index in [-0.39, 0.29) is 0 Å². The van der Waals surface area contributed by atoms with Gasteiger partial charge >= 0.3 is 0 Å². The standard InChI is InChI=1S/C15H30N2/c1-12(2)14-6-4-5-7-15(14)17-9-8-13(11-17)10-16-3/h12-16H,4-11H2,1-3H3. The maximum Gasteiger partial charge on any atom is 0.0126 e. The van der Waals surface area contributed by atoms with E-state index in [9.17, 15) is 0 Å². The van der Waals surface area contributed by atoms with Crippen molar-refractivity contribution in [3.63, 3.8) is 0 Å². The van der Waals surface area contributed by atoms with Crippen LogP contribution in [0.1, 0.15) is 46.0 Å². The molecule has 0 aromatic rings. The Hall–Kier alpha value is -0.0800. The normalized spacial score (nSPS) is 35.6. The van der Waals surface area contributed by atoms with E-state index in [1.807, 2.05) is 0 Å². The molecule has 2 rings (SSSR count). The second-order valence-electron chi connectivity index (χ2n) is 6.47. The predicted molar refractivity (Wildman–Crippen MR) is 74.2 cm³/mol. The van der Waals surface area contributed by atoms with Gasteiger partial charge in [-0.15, -0.1) is 0 Å². The van der Waals surface area contributed by atoms with Gasteiger partial charge in [0.2, 0.25) is 0 Å². The van der Waals surface area contributed by atoms with Gasteiger partial charge in [-0.25, -0.2) is 0 Å². The van der Waals surface area contributed by atoms with Crippen LogP contribution in [-0.4, -0.2) is 37.6 Å². The smallest absolute Gasteiger partial charge is 0.0126 e. The second kappa shape index (κ2) is 6.19. The van der Waals surface area contributed by atoms with Crippen molar-refractivity contribution in [1.82, 2.24) is 10.2 Å². The highest BCUT2D eigenvalue weighted by Crippen LogP contribution is 2.35. The average molecular weight is 238 g/mol. The van der Waals surface area contributed by atoms with Crippen molar-refractivity contribution >= 4 is 0 Å². The molecule has 1 heterocycles. The molecule has 1 aliphatic heterocycles. The second-order valence-corrected chi connectivity index (χ2v) is 6.47. The maximum atomic E-state index is 3.34. The number of likely N-dealkylation sites (tertiary alicyclic amines) is 1. The van der Waals surface area contributed by atoms with Crippen LogP contribution in [0, 0.1) is 17.8 Å². The lowest BCUT2D eigenvalue weighted by Gasteiger charge is -2.40. The predicted octanol–water partition coefficient (Wildman–Crippen LogP) is 2.74. The summed E-state index contributed by atoms with van der Waals surface area (Å²) in [5, 5.41) is 3.34. The summed E-state index contributed by atoms with van der Waals surface area (Å²) in [5.41, 5.74) is 0. The minimum Gasteiger partial charge on any atom is -0.319 e. The van der Waals surface area contributed by atoms with Crippen LogP contribution >= 0.6 is 0 Å². The molecular formula is C15H30N2. The Morgan fingerprint density at radius 1 is 1.18 bits per heavy atom. The fourth-order valence-corrected chi connectivity index (χ4v) is 3.99. The molecule has 3 unspecified atom stereocenters. The molecule has 17 heavy (non-hydrogen) atoms. The van der Waals surface area contributed by atoms with Gasteiger partial charge in [-0.05, 0) is 57.2 Å². The minimum atomic E-state index is 0.864. The van der Waals surface area contributed by atoms with Crippen LogP contribution in [-0.2, 0) is 0 Å². The highest BCUT2D eigenvalue weighted by Gasteiger charge is 2.35. The molecule has 0 spiro atoms. The van der Waals surface area contributed by atoms with E-state index in [1.165, 1.54) is 51.7 Å². The zero-order valence-electron chi connectivity index (χ0n) is 11.9. The Labute approximate surface area is 107 Å². The van der Waals surface area contributed by atoms with Crippen molar-refractivity contribution in [3.8, 4) is 0 Å². The number of hydrogen-bond acceptors (Lipinski definition) is 2. The summed E-state index contributed by atoms with van der Waals surface area (Å²) in [5.74, 6) is 2.72. The third-order valence-electron chi connectivity index (χ3n) is 4.92. The number of nitrogens with one attached hydrogen (secondary N) is 1. The van der Waals surface area contributed by atoms with E-state index < -0.39 is 0 Å². The Balaban J connectivity index is 1.91. The molecule has 2 heteroatoms. The summed E-state index contributed by atoms with van der Waals surface area (Å²) in [7, 11) is 2.08. The lowest BCUT2D eigenvalue weighted by molar-refractivity contribution is 0.0956. The average Bonchev–Trinajstić information content (AvgIpc) is 2.78. The van der Waals surface area contributed by atoms with E-state index in [4.69, 9.17) is 0 Å². The van der Waals surface area contributed by atoms with E-state index in [0.29, 0.717) is 0 Å². The quantitative estimate of drug-likeness (QED) is 0.810. The van der Waals surface area contributed by atoms with Crippen LogP contribution < -0.4 is 5.32 Å². The van der Waals surface area contributed by atoms with Crippen LogP contribution in [0.25, 0.3) is 0 Å². The van der Waals surface area contributed by atoms with Gasteiger partial charge in [-0.3, -0.25) is 4.90 Å². The SMILES string of the molecule is CNCC1CCN(C2CCCCC2C(C)C)C1.